The predicted octanol–water partition coefficient (Wildman–Crippen LogP) is 3.03. The van der Waals surface area contributed by atoms with Crippen LogP contribution in [0, 0.1) is 5.82 Å². The van der Waals surface area contributed by atoms with Gasteiger partial charge in [-0.2, -0.15) is 0 Å². The van der Waals surface area contributed by atoms with E-state index in [0.29, 0.717) is 10.6 Å². The molecular formula is C18H20FNO5S2. The number of rotatable bonds is 8. The van der Waals surface area contributed by atoms with Crippen molar-refractivity contribution in [1.29, 1.82) is 0 Å². The first kappa shape index (κ1) is 21.2. The maximum Gasteiger partial charge on any atom is 0.338 e. The molecular weight excluding hydrogens is 393 g/mol. The van der Waals surface area contributed by atoms with Gasteiger partial charge in [0, 0.05) is 24.7 Å². The highest BCUT2D eigenvalue weighted by Gasteiger charge is 2.24. The van der Waals surface area contributed by atoms with E-state index in [4.69, 9.17) is 9.47 Å². The summed E-state index contributed by atoms with van der Waals surface area (Å²) in [5.41, 5.74) is 0.0899. The lowest BCUT2D eigenvalue weighted by Gasteiger charge is -2.15. The first-order chi connectivity index (χ1) is 12.8. The number of thioether (sulfide) groups is 1. The SMILES string of the molecule is COc1ccc(C(=O)OCCSc2ccccc2F)cc1S(=O)(=O)N(C)C. The average Bonchev–Trinajstić information content (AvgIpc) is 2.65. The number of carbonyl (C=O) groups is 1. The van der Waals surface area contributed by atoms with Crippen LogP contribution in [0.3, 0.4) is 0 Å². The zero-order valence-corrected chi connectivity index (χ0v) is 16.8. The molecule has 0 saturated carbocycles. The molecule has 0 aromatic heterocycles. The summed E-state index contributed by atoms with van der Waals surface area (Å²) in [5.74, 6) is -0.494. The zero-order valence-electron chi connectivity index (χ0n) is 15.1. The van der Waals surface area contributed by atoms with Crippen LogP contribution in [0.25, 0.3) is 0 Å². The second-order valence-corrected chi connectivity index (χ2v) is 8.82. The number of hydrogen-bond donors (Lipinski definition) is 0. The highest BCUT2D eigenvalue weighted by Crippen LogP contribution is 2.27. The van der Waals surface area contributed by atoms with Gasteiger partial charge in [0.05, 0.1) is 12.7 Å². The minimum atomic E-state index is -3.79. The van der Waals surface area contributed by atoms with E-state index in [0.717, 1.165) is 4.31 Å². The molecule has 0 spiro atoms. The number of nitrogens with zero attached hydrogens (tertiary/aromatic N) is 1. The van der Waals surface area contributed by atoms with Crippen molar-refractivity contribution in [2.75, 3.05) is 33.6 Å². The van der Waals surface area contributed by atoms with Crippen molar-refractivity contribution in [3.8, 4) is 5.75 Å². The summed E-state index contributed by atoms with van der Waals surface area (Å²) in [5, 5.41) is 0. The number of sulfonamides is 1. The summed E-state index contributed by atoms with van der Waals surface area (Å²) in [6.07, 6.45) is 0. The predicted molar refractivity (Wildman–Crippen MR) is 101 cm³/mol. The monoisotopic (exact) mass is 413 g/mol. The maximum absolute atomic E-state index is 13.5. The van der Waals surface area contributed by atoms with Gasteiger partial charge in [0.1, 0.15) is 23.1 Å². The van der Waals surface area contributed by atoms with Gasteiger partial charge in [-0.15, -0.1) is 11.8 Å². The van der Waals surface area contributed by atoms with Crippen LogP contribution in [-0.4, -0.2) is 52.3 Å². The molecule has 0 unspecified atom stereocenters. The Hall–Kier alpha value is -2.10. The summed E-state index contributed by atoms with van der Waals surface area (Å²) in [6, 6.07) is 10.4. The number of ether oxygens (including phenoxy) is 2. The number of hydrogen-bond acceptors (Lipinski definition) is 6. The van der Waals surface area contributed by atoms with Crippen molar-refractivity contribution in [2.45, 2.75) is 9.79 Å². The molecule has 146 valence electrons. The van der Waals surface area contributed by atoms with Crippen LogP contribution in [0.15, 0.2) is 52.3 Å². The van der Waals surface area contributed by atoms with E-state index in [1.807, 2.05) is 0 Å². The number of benzene rings is 2. The lowest BCUT2D eigenvalue weighted by atomic mass is 10.2. The molecule has 27 heavy (non-hydrogen) atoms. The lowest BCUT2D eigenvalue weighted by molar-refractivity contribution is 0.0530. The smallest absolute Gasteiger partial charge is 0.338 e. The van der Waals surface area contributed by atoms with E-state index in [-0.39, 0.29) is 28.6 Å². The van der Waals surface area contributed by atoms with Gasteiger partial charge in [-0.1, -0.05) is 12.1 Å². The largest absolute Gasteiger partial charge is 0.495 e. The van der Waals surface area contributed by atoms with Crippen molar-refractivity contribution >= 4 is 27.8 Å². The van der Waals surface area contributed by atoms with Gasteiger partial charge in [-0.25, -0.2) is 21.9 Å². The Morgan fingerprint density at radius 1 is 1.19 bits per heavy atom. The molecule has 0 aliphatic carbocycles. The topological polar surface area (TPSA) is 72.9 Å². The Morgan fingerprint density at radius 3 is 2.52 bits per heavy atom. The second-order valence-electron chi connectivity index (χ2n) is 5.57. The Morgan fingerprint density at radius 2 is 1.89 bits per heavy atom. The third-order valence-corrected chi connectivity index (χ3v) is 6.42. The Kier molecular flexibility index (Phi) is 7.23. The van der Waals surface area contributed by atoms with Crippen molar-refractivity contribution in [2.24, 2.45) is 0 Å². The quantitative estimate of drug-likeness (QED) is 0.376. The fraction of sp³-hybridized carbons (Fsp3) is 0.278. The number of esters is 1. The molecule has 0 aliphatic rings. The molecule has 9 heteroatoms. The van der Waals surface area contributed by atoms with Crippen molar-refractivity contribution in [3.05, 3.63) is 53.8 Å². The van der Waals surface area contributed by atoms with Gasteiger partial charge in [0.2, 0.25) is 10.0 Å². The van der Waals surface area contributed by atoms with Crippen LogP contribution in [-0.2, 0) is 14.8 Å². The van der Waals surface area contributed by atoms with Crippen LogP contribution >= 0.6 is 11.8 Å². The van der Waals surface area contributed by atoms with E-state index < -0.39 is 16.0 Å². The molecule has 6 nitrogen and oxygen atoms in total. The lowest BCUT2D eigenvalue weighted by Crippen LogP contribution is -2.23. The summed E-state index contributed by atoms with van der Waals surface area (Å²) < 4.78 is 49.6. The van der Waals surface area contributed by atoms with Crippen LogP contribution in [0.1, 0.15) is 10.4 Å². The van der Waals surface area contributed by atoms with Gasteiger partial charge in [0.25, 0.3) is 0 Å². The van der Waals surface area contributed by atoms with Gasteiger partial charge in [-0.05, 0) is 30.3 Å². The molecule has 0 fully saturated rings. The molecule has 0 bridgehead atoms. The van der Waals surface area contributed by atoms with Crippen LogP contribution in [0.4, 0.5) is 4.39 Å². The molecule has 2 rings (SSSR count). The van der Waals surface area contributed by atoms with E-state index in [1.54, 1.807) is 18.2 Å². The minimum absolute atomic E-state index is 0.0552. The summed E-state index contributed by atoms with van der Waals surface area (Å²) in [7, 11) is 0.339. The van der Waals surface area contributed by atoms with Gasteiger partial charge in [0.15, 0.2) is 0 Å². The van der Waals surface area contributed by atoms with E-state index in [9.17, 15) is 17.6 Å². The molecule has 2 aromatic rings. The summed E-state index contributed by atoms with van der Waals surface area (Å²) >= 11 is 1.23. The Balaban J connectivity index is 2.05. The fourth-order valence-corrected chi connectivity index (χ4v) is 3.98. The molecule has 0 heterocycles. The molecule has 0 N–H and O–H groups in total. The van der Waals surface area contributed by atoms with Crippen molar-refractivity contribution in [1.82, 2.24) is 4.31 Å². The molecule has 0 aliphatic heterocycles. The standard InChI is InChI=1S/C18H20FNO5S2/c1-20(2)27(22,23)17-12-13(8-9-15(17)24-3)18(21)25-10-11-26-16-7-5-4-6-14(16)19/h4-9,12H,10-11H2,1-3H3. The molecule has 0 atom stereocenters. The molecule has 0 amide bonds. The summed E-state index contributed by atoms with van der Waals surface area (Å²) in [6.45, 7) is 0.0552. The number of methoxy groups -OCH3 is 1. The maximum atomic E-state index is 13.5. The fourth-order valence-electron chi connectivity index (χ4n) is 2.13. The minimum Gasteiger partial charge on any atom is -0.495 e. The second kappa shape index (κ2) is 9.20. The van der Waals surface area contributed by atoms with Crippen molar-refractivity contribution < 1.29 is 27.1 Å². The molecule has 0 saturated heterocycles. The Labute approximate surface area is 162 Å². The Bertz CT molecular complexity index is 916. The van der Waals surface area contributed by atoms with Crippen LogP contribution < -0.4 is 4.74 Å². The van der Waals surface area contributed by atoms with Gasteiger partial charge in [-0.3, -0.25) is 0 Å². The van der Waals surface area contributed by atoms with Gasteiger partial charge < -0.3 is 9.47 Å². The zero-order chi connectivity index (χ0) is 20.0. The van der Waals surface area contributed by atoms with Crippen LogP contribution in [0.5, 0.6) is 5.75 Å². The van der Waals surface area contributed by atoms with E-state index >= 15 is 0 Å². The third kappa shape index (κ3) is 5.21. The third-order valence-electron chi connectivity index (χ3n) is 3.57. The first-order valence-electron chi connectivity index (χ1n) is 7.92. The van der Waals surface area contributed by atoms with E-state index in [1.165, 1.54) is 57.2 Å². The van der Waals surface area contributed by atoms with Crippen LogP contribution in [0.2, 0.25) is 0 Å². The highest BCUT2D eigenvalue weighted by atomic mass is 32.2. The number of carbonyl (C=O) groups excluding carboxylic acids is 1. The highest BCUT2D eigenvalue weighted by molar-refractivity contribution is 7.99. The van der Waals surface area contributed by atoms with Crippen molar-refractivity contribution in [3.63, 3.8) is 0 Å². The molecule has 0 radical (unpaired) electrons. The van der Waals surface area contributed by atoms with E-state index in [2.05, 4.69) is 0 Å². The summed E-state index contributed by atoms with van der Waals surface area (Å²) in [4.78, 5) is 12.6. The number of halogens is 1. The first-order valence-corrected chi connectivity index (χ1v) is 10.3. The van der Waals surface area contributed by atoms with Gasteiger partial charge >= 0.3 is 5.97 Å². The normalized spacial score (nSPS) is 11.4. The average molecular weight is 413 g/mol. The molecule has 2 aromatic carbocycles.